The first-order valence-electron chi connectivity index (χ1n) is 19.5. The Kier molecular flexibility index (Phi) is 11.7. The summed E-state index contributed by atoms with van der Waals surface area (Å²) in [5.74, 6) is 0. The second-order valence-corrected chi connectivity index (χ2v) is 37.7. The van der Waals surface area contributed by atoms with Crippen LogP contribution in [0.4, 0.5) is 0 Å². The Morgan fingerprint density at radius 2 is 0.732 bits per heavy atom. The molecule has 10 aromatic carbocycles. The molecule has 0 unspecified atom stereocenters. The number of hydrogen-bond acceptors (Lipinski definition) is 0. The molecule has 0 aliphatic heterocycles. The molecule has 0 spiro atoms. The van der Waals surface area contributed by atoms with Crippen molar-refractivity contribution >= 4 is 87.1 Å². The van der Waals surface area contributed by atoms with Crippen molar-refractivity contribution < 1.29 is 18.0 Å². The number of fused-ring (bicyclic) bond motifs is 6. The van der Waals surface area contributed by atoms with Crippen molar-refractivity contribution in [1.29, 1.82) is 0 Å². The predicted octanol–water partition coefficient (Wildman–Crippen LogP) is 16.4. The van der Waals surface area contributed by atoms with Crippen LogP contribution in [0.15, 0.2) is 170 Å². The Bertz CT molecular complexity index is 2840. The number of aryl methyl sites for hydroxylation is 2. The third-order valence-electron chi connectivity index (χ3n) is 10.9. The minimum absolute atomic E-state index is 0.224. The Balaban J connectivity index is 0.000000138. The van der Waals surface area contributed by atoms with E-state index in [2.05, 4.69) is 197 Å². The van der Waals surface area contributed by atoms with Crippen LogP contribution in [0.3, 0.4) is 0 Å². The van der Waals surface area contributed by atoms with Crippen LogP contribution in [0.2, 0.25) is 13.1 Å². The van der Waals surface area contributed by atoms with E-state index in [0.29, 0.717) is 0 Å². The van der Waals surface area contributed by atoms with Crippen LogP contribution < -0.4 is 0 Å². The Hall–Kier alpha value is -4.30. The maximum absolute atomic E-state index is 5.62. The first kappa shape index (κ1) is 38.6. The number of rotatable bonds is 4. The molecule has 10 aromatic rings. The molecule has 0 aliphatic rings. The van der Waals surface area contributed by atoms with Crippen molar-refractivity contribution in [2.24, 2.45) is 0 Å². The Morgan fingerprint density at radius 1 is 0.411 bits per heavy atom. The quantitative estimate of drug-likeness (QED) is 0.0940. The normalized spacial score (nSPS) is 11.2. The van der Waals surface area contributed by atoms with Gasteiger partial charge in [-0.3, -0.25) is 0 Å². The third-order valence-corrected chi connectivity index (χ3v) is 30.6. The molecule has 56 heavy (non-hydrogen) atoms. The maximum atomic E-state index is 5.62. The summed E-state index contributed by atoms with van der Waals surface area (Å²) in [5, 5.41) is 15.8. The molecule has 0 saturated carbocycles. The summed E-state index contributed by atoms with van der Waals surface area (Å²) in [7, 11) is 11.2. The van der Waals surface area contributed by atoms with Gasteiger partial charge in [-0.05, 0) is 91.3 Å². The van der Waals surface area contributed by atoms with Gasteiger partial charge >= 0.3 is 53.5 Å². The molecule has 0 aliphatic carbocycles. The van der Waals surface area contributed by atoms with Gasteiger partial charge in [0.1, 0.15) is 0 Å². The van der Waals surface area contributed by atoms with Crippen LogP contribution in [0.5, 0.6) is 0 Å². The minimum atomic E-state index is -1.65. The topological polar surface area (TPSA) is 0 Å². The van der Waals surface area contributed by atoms with E-state index in [4.69, 9.17) is 17.0 Å². The molecule has 0 heterocycles. The number of halogens is 2. The molecular formula is C52H44Cl2SiZr-2. The van der Waals surface area contributed by atoms with Crippen LogP contribution in [0, 0.1) is 0 Å². The standard InChI is InChI=1S/2C25H19.C2H6Si.2ClH.Zr/c2*1-2-17-13-20-9-5-11-22(24(20)14-17)23-12-6-10-21-15-18-7-3-4-8-19(18)16-25(21)23;1-3-2;;;/h2*3-16H,2H2,1H3;1-2H3;2*1H;/q2*-1;;;;+2/p-2. The average molecular weight is 859 g/mol. The second kappa shape index (κ2) is 17.1. The summed E-state index contributed by atoms with van der Waals surface area (Å²) in [6.45, 7) is 8.77. The van der Waals surface area contributed by atoms with Gasteiger partial charge in [-0.15, -0.1) is 69.1 Å². The fraction of sp³-hybridized carbons (Fsp3) is 0.115. The van der Waals surface area contributed by atoms with Crippen molar-refractivity contribution in [2.75, 3.05) is 0 Å². The summed E-state index contributed by atoms with van der Waals surface area (Å²) in [6, 6.07) is 62.4. The molecule has 0 N–H and O–H groups in total. The second-order valence-electron chi connectivity index (χ2n) is 14.8. The SMILES string of the molecule is CCc1cc2c(-c3cccc4cc5ccccc5cc34)cccc2[cH-]1.CCc1cc2c(-c3cccc4cc5ccccc5cc34)cccc2[cH-]1.C[Si](C)=[Zr]([Cl])[Cl]. The third kappa shape index (κ3) is 7.96. The van der Waals surface area contributed by atoms with Gasteiger partial charge in [0.05, 0.1) is 0 Å². The monoisotopic (exact) mass is 856 g/mol. The number of benzene rings is 8. The van der Waals surface area contributed by atoms with Gasteiger partial charge in [0.2, 0.25) is 0 Å². The molecule has 10 rings (SSSR count). The summed E-state index contributed by atoms with van der Waals surface area (Å²) in [4.78, 5) is 0. The van der Waals surface area contributed by atoms with E-state index in [-0.39, 0.29) is 5.43 Å². The van der Waals surface area contributed by atoms with E-state index in [0.717, 1.165) is 12.8 Å². The van der Waals surface area contributed by atoms with Crippen molar-refractivity contribution in [2.45, 2.75) is 39.8 Å². The van der Waals surface area contributed by atoms with E-state index in [1.54, 1.807) is 0 Å². The van der Waals surface area contributed by atoms with Gasteiger partial charge in [-0.2, -0.15) is 12.1 Å². The zero-order valence-electron chi connectivity index (χ0n) is 32.3. The van der Waals surface area contributed by atoms with Crippen LogP contribution in [-0.4, -0.2) is 5.43 Å². The van der Waals surface area contributed by atoms with Crippen LogP contribution >= 0.6 is 17.0 Å². The van der Waals surface area contributed by atoms with Crippen LogP contribution in [-0.2, 0) is 30.8 Å². The fourth-order valence-electron chi connectivity index (χ4n) is 7.88. The first-order valence-corrected chi connectivity index (χ1v) is 32.0. The molecular weight excluding hydrogens is 815 g/mol. The summed E-state index contributed by atoms with van der Waals surface area (Å²) in [5.41, 5.74) is 7.90. The van der Waals surface area contributed by atoms with E-state index in [1.165, 1.54) is 98.0 Å². The summed E-state index contributed by atoms with van der Waals surface area (Å²) >= 11 is -1.65. The molecule has 0 radical (unpaired) electrons. The first-order chi connectivity index (χ1) is 27.3. The summed E-state index contributed by atoms with van der Waals surface area (Å²) in [6.07, 6.45) is 2.16. The van der Waals surface area contributed by atoms with Crippen molar-refractivity contribution in [1.82, 2.24) is 0 Å². The zero-order valence-corrected chi connectivity index (χ0v) is 37.3. The van der Waals surface area contributed by atoms with Crippen LogP contribution in [0.25, 0.3) is 86.9 Å². The molecule has 0 nitrogen and oxygen atoms in total. The Morgan fingerprint density at radius 3 is 1.09 bits per heavy atom. The van der Waals surface area contributed by atoms with Gasteiger partial charge in [0.15, 0.2) is 0 Å². The van der Waals surface area contributed by atoms with Gasteiger partial charge in [-0.1, -0.05) is 122 Å². The molecule has 0 atom stereocenters. The van der Waals surface area contributed by atoms with Gasteiger partial charge < -0.3 is 0 Å². The molecule has 0 bridgehead atoms. The van der Waals surface area contributed by atoms with Gasteiger partial charge in [0.25, 0.3) is 0 Å². The molecule has 276 valence electrons. The molecule has 0 saturated heterocycles. The molecule has 0 aromatic heterocycles. The van der Waals surface area contributed by atoms with Crippen molar-refractivity contribution in [3.8, 4) is 22.3 Å². The summed E-state index contributed by atoms with van der Waals surface area (Å²) < 4.78 is 0. The molecule has 0 amide bonds. The van der Waals surface area contributed by atoms with Gasteiger partial charge in [0, 0.05) is 0 Å². The van der Waals surface area contributed by atoms with E-state index >= 15 is 0 Å². The van der Waals surface area contributed by atoms with Crippen molar-refractivity contribution in [3.63, 3.8) is 0 Å². The molecule has 0 fully saturated rings. The fourth-order valence-corrected chi connectivity index (χ4v) is 7.88. The van der Waals surface area contributed by atoms with Crippen LogP contribution in [0.1, 0.15) is 25.0 Å². The average Bonchev–Trinajstić information content (AvgIpc) is 3.87. The van der Waals surface area contributed by atoms with Gasteiger partial charge in [-0.25, -0.2) is 0 Å². The zero-order chi connectivity index (χ0) is 38.8. The van der Waals surface area contributed by atoms with E-state index in [1.807, 2.05) is 0 Å². The van der Waals surface area contributed by atoms with E-state index in [9.17, 15) is 0 Å². The molecule has 4 heteroatoms. The predicted molar refractivity (Wildman–Crippen MR) is 248 cm³/mol. The number of hydrogen-bond donors (Lipinski definition) is 0. The Labute approximate surface area is 345 Å². The van der Waals surface area contributed by atoms with E-state index < -0.39 is 18.0 Å². The van der Waals surface area contributed by atoms with Crippen molar-refractivity contribution in [3.05, 3.63) is 181 Å².